The second-order valence-corrected chi connectivity index (χ2v) is 13.2. The molecule has 1 unspecified atom stereocenters. The van der Waals surface area contributed by atoms with Gasteiger partial charge in [0, 0.05) is 28.8 Å². The number of thiophene rings is 1. The fraction of sp³-hybridized carbons (Fsp3) is 0.353. The summed E-state index contributed by atoms with van der Waals surface area (Å²) < 4.78 is 2.10. The Morgan fingerprint density at radius 3 is 2.15 bits per heavy atom. The van der Waals surface area contributed by atoms with Gasteiger partial charge in [0.05, 0.1) is 5.71 Å². The standard InChI is InChI=1S/C34H38N4OS/c1-9-28(39)18-29-32-37-36-23(5)38(32)33-30(21(3)22(4)40-33)31(35-29)27-16-14-26(15-17-27)25-12-10-24(11-13-25)20(2)19-34(6,7)8/h10-17,29H,2,9,18-19H2,1,3-8H3. The predicted octanol–water partition coefficient (Wildman–Crippen LogP) is 8.63. The summed E-state index contributed by atoms with van der Waals surface area (Å²) in [6.07, 6.45) is 1.76. The maximum Gasteiger partial charge on any atom is 0.163 e. The number of ketones is 1. The van der Waals surface area contributed by atoms with E-state index < -0.39 is 0 Å². The highest BCUT2D eigenvalue weighted by molar-refractivity contribution is 7.15. The number of Topliss-reactive ketones (excluding diaryl/α,β-unsaturated/α-hetero) is 1. The van der Waals surface area contributed by atoms with Gasteiger partial charge in [0.1, 0.15) is 22.7 Å². The number of carbonyl (C=O) groups excluding carboxylic acids is 1. The van der Waals surface area contributed by atoms with Gasteiger partial charge in [0.15, 0.2) is 5.82 Å². The Bertz CT molecular complexity index is 1610. The summed E-state index contributed by atoms with van der Waals surface area (Å²) in [5.74, 6) is 1.72. The van der Waals surface area contributed by atoms with Crippen molar-refractivity contribution in [3.05, 3.63) is 93.9 Å². The molecule has 5 rings (SSSR count). The first-order chi connectivity index (χ1) is 19.0. The first kappa shape index (κ1) is 27.9. The zero-order chi connectivity index (χ0) is 28.8. The van der Waals surface area contributed by atoms with E-state index in [9.17, 15) is 4.79 Å². The van der Waals surface area contributed by atoms with Gasteiger partial charge < -0.3 is 0 Å². The summed E-state index contributed by atoms with van der Waals surface area (Å²) in [6.45, 7) is 19.2. The van der Waals surface area contributed by atoms with Crippen molar-refractivity contribution in [1.29, 1.82) is 0 Å². The van der Waals surface area contributed by atoms with Crippen LogP contribution in [0, 0.1) is 26.2 Å². The maximum absolute atomic E-state index is 12.6. The van der Waals surface area contributed by atoms with Crippen LogP contribution in [-0.2, 0) is 4.79 Å². The van der Waals surface area contributed by atoms with Crippen LogP contribution in [0.25, 0.3) is 21.7 Å². The molecule has 0 bridgehead atoms. The Morgan fingerprint density at radius 1 is 0.950 bits per heavy atom. The SMILES string of the molecule is C=C(CC(C)(C)C)c1ccc(-c2ccc(C3=NC(CC(=O)CC)c4nnc(C)n4-c4sc(C)c(C)c43)cc2)cc1. The number of rotatable bonds is 7. The summed E-state index contributed by atoms with van der Waals surface area (Å²) in [5.41, 5.74) is 9.13. The minimum atomic E-state index is -0.378. The van der Waals surface area contributed by atoms with Gasteiger partial charge in [-0.1, -0.05) is 82.8 Å². The molecule has 1 atom stereocenters. The molecule has 6 heteroatoms. The third-order valence-corrected chi connectivity index (χ3v) is 8.78. The highest BCUT2D eigenvalue weighted by Gasteiger charge is 2.32. The minimum Gasteiger partial charge on any atom is -0.300 e. The number of nitrogens with zero attached hydrogens (tertiary/aromatic N) is 4. The van der Waals surface area contributed by atoms with E-state index in [-0.39, 0.29) is 17.2 Å². The molecule has 0 amide bonds. The number of hydrogen-bond donors (Lipinski definition) is 0. The van der Waals surface area contributed by atoms with Crippen LogP contribution < -0.4 is 0 Å². The van der Waals surface area contributed by atoms with Gasteiger partial charge in [0.2, 0.25) is 0 Å². The van der Waals surface area contributed by atoms with Crippen LogP contribution in [0.5, 0.6) is 0 Å². The summed E-state index contributed by atoms with van der Waals surface area (Å²) in [5, 5.41) is 9.95. The third kappa shape index (κ3) is 5.37. The topological polar surface area (TPSA) is 60.1 Å². The highest BCUT2D eigenvalue weighted by Crippen LogP contribution is 2.40. The number of carbonyl (C=O) groups is 1. The molecule has 3 heterocycles. The molecule has 2 aromatic carbocycles. The molecule has 0 radical (unpaired) electrons. The number of fused-ring (bicyclic) bond motifs is 3. The molecule has 40 heavy (non-hydrogen) atoms. The van der Waals surface area contributed by atoms with Crippen molar-refractivity contribution in [2.75, 3.05) is 0 Å². The average molecular weight is 551 g/mol. The zero-order valence-corrected chi connectivity index (χ0v) is 25.4. The van der Waals surface area contributed by atoms with Crippen LogP contribution in [0.15, 0.2) is 60.1 Å². The lowest BCUT2D eigenvalue weighted by molar-refractivity contribution is -0.119. The van der Waals surface area contributed by atoms with Crippen molar-refractivity contribution in [1.82, 2.24) is 14.8 Å². The molecule has 1 aliphatic heterocycles. The molecular weight excluding hydrogens is 512 g/mol. The van der Waals surface area contributed by atoms with E-state index in [0.717, 1.165) is 51.0 Å². The quantitative estimate of drug-likeness (QED) is 0.231. The normalized spacial score (nSPS) is 14.8. The van der Waals surface area contributed by atoms with Gasteiger partial charge in [-0.25, -0.2) is 0 Å². The molecule has 0 spiro atoms. The van der Waals surface area contributed by atoms with Gasteiger partial charge in [-0.15, -0.1) is 21.5 Å². The van der Waals surface area contributed by atoms with Crippen molar-refractivity contribution in [2.45, 2.75) is 73.8 Å². The Kier molecular flexibility index (Phi) is 7.49. The molecule has 4 aromatic rings. The molecule has 0 aliphatic carbocycles. The maximum atomic E-state index is 12.6. The summed E-state index contributed by atoms with van der Waals surface area (Å²) in [6, 6.07) is 16.9. The Morgan fingerprint density at radius 2 is 1.55 bits per heavy atom. The number of allylic oxidation sites excluding steroid dienone is 1. The smallest absolute Gasteiger partial charge is 0.163 e. The van der Waals surface area contributed by atoms with Crippen LogP contribution in [0.4, 0.5) is 0 Å². The van der Waals surface area contributed by atoms with Crippen molar-refractivity contribution in [2.24, 2.45) is 10.4 Å². The molecule has 1 aliphatic rings. The monoisotopic (exact) mass is 550 g/mol. The van der Waals surface area contributed by atoms with E-state index in [0.29, 0.717) is 12.8 Å². The molecule has 206 valence electrons. The lowest BCUT2D eigenvalue weighted by atomic mass is 9.86. The molecule has 0 saturated carbocycles. The second-order valence-electron chi connectivity index (χ2n) is 12.0. The number of aliphatic imine (C=N–C) groups is 1. The molecule has 0 saturated heterocycles. The lowest BCUT2D eigenvalue weighted by Crippen LogP contribution is -2.10. The fourth-order valence-corrected chi connectivity index (χ4v) is 6.56. The summed E-state index contributed by atoms with van der Waals surface area (Å²) in [7, 11) is 0. The van der Waals surface area contributed by atoms with Crippen LogP contribution in [0.3, 0.4) is 0 Å². The molecule has 0 N–H and O–H groups in total. The van der Waals surface area contributed by atoms with Crippen LogP contribution in [0.1, 0.15) is 91.8 Å². The van der Waals surface area contributed by atoms with Gasteiger partial charge in [-0.3, -0.25) is 14.4 Å². The van der Waals surface area contributed by atoms with E-state index in [1.807, 2.05) is 13.8 Å². The largest absolute Gasteiger partial charge is 0.300 e. The van der Waals surface area contributed by atoms with E-state index in [1.165, 1.54) is 21.6 Å². The van der Waals surface area contributed by atoms with Crippen molar-refractivity contribution >= 4 is 28.4 Å². The summed E-state index contributed by atoms with van der Waals surface area (Å²) >= 11 is 1.73. The first-order valence-corrected chi connectivity index (χ1v) is 14.8. The van der Waals surface area contributed by atoms with Gasteiger partial charge in [-0.05, 0) is 60.4 Å². The van der Waals surface area contributed by atoms with Crippen LogP contribution in [-0.4, -0.2) is 26.3 Å². The molecular formula is C34H38N4OS. The van der Waals surface area contributed by atoms with Crippen LogP contribution >= 0.6 is 11.3 Å². The first-order valence-electron chi connectivity index (χ1n) is 14.0. The molecule has 5 nitrogen and oxygen atoms in total. The number of aryl methyl sites for hydroxylation is 2. The predicted molar refractivity (Wildman–Crippen MR) is 167 cm³/mol. The number of aromatic nitrogens is 3. The van der Waals surface area contributed by atoms with Crippen molar-refractivity contribution < 1.29 is 4.79 Å². The van der Waals surface area contributed by atoms with Gasteiger partial charge >= 0.3 is 0 Å². The van der Waals surface area contributed by atoms with E-state index in [4.69, 9.17) is 4.99 Å². The van der Waals surface area contributed by atoms with Crippen molar-refractivity contribution in [3.63, 3.8) is 0 Å². The molecule has 0 fully saturated rings. The Balaban J connectivity index is 1.53. The zero-order valence-electron chi connectivity index (χ0n) is 24.6. The van der Waals surface area contributed by atoms with E-state index in [1.54, 1.807) is 11.3 Å². The van der Waals surface area contributed by atoms with E-state index in [2.05, 4.69) is 104 Å². The van der Waals surface area contributed by atoms with Crippen molar-refractivity contribution in [3.8, 4) is 16.1 Å². The number of hydrogen-bond acceptors (Lipinski definition) is 5. The van der Waals surface area contributed by atoms with Crippen LogP contribution in [0.2, 0.25) is 0 Å². The minimum absolute atomic E-state index is 0.169. The van der Waals surface area contributed by atoms with Gasteiger partial charge in [-0.2, -0.15) is 0 Å². The lowest BCUT2D eigenvalue weighted by Gasteiger charge is -2.20. The fourth-order valence-electron chi connectivity index (χ4n) is 5.35. The van der Waals surface area contributed by atoms with Gasteiger partial charge in [0.25, 0.3) is 0 Å². The number of benzene rings is 2. The Hall–Kier alpha value is -3.64. The highest BCUT2D eigenvalue weighted by atomic mass is 32.1. The summed E-state index contributed by atoms with van der Waals surface area (Å²) in [4.78, 5) is 19.1. The average Bonchev–Trinajstić information content (AvgIpc) is 3.39. The van der Waals surface area contributed by atoms with E-state index >= 15 is 0 Å². The molecule has 2 aromatic heterocycles. The Labute approximate surface area is 241 Å². The second kappa shape index (κ2) is 10.7. The third-order valence-electron chi connectivity index (χ3n) is 7.58.